The van der Waals surface area contributed by atoms with E-state index in [1.165, 1.54) is 25.0 Å². The third-order valence-electron chi connectivity index (χ3n) is 5.07. The van der Waals surface area contributed by atoms with Gasteiger partial charge in [-0.2, -0.15) is 13.2 Å². The molecule has 4 nitrogen and oxygen atoms in total. The molecule has 146 valence electrons. The zero-order valence-corrected chi connectivity index (χ0v) is 15.4. The fourth-order valence-electron chi connectivity index (χ4n) is 3.57. The molecule has 0 atom stereocenters. The molecule has 3 rings (SSSR count). The first-order chi connectivity index (χ1) is 11.9. The normalized spacial score (nSPS) is 19.9. The van der Waals surface area contributed by atoms with Gasteiger partial charge in [-0.25, -0.2) is 0 Å². The fraction of sp³-hybridized carbons (Fsp3) is 0.611. The molecule has 0 saturated carbocycles. The maximum absolute atomic E-state index is 12.8. The van der Waals surface area contributed by atoms with E-state index < -0.39 is 11.7 Å². The van der Waals surface area contributed by atoms with Gasteiger partial charge in [-0.1, -0.05) is 6.07 Å². The molecule has 0 aliphatic carbocycles. The van der Waals surface area contributed by atoms with Crippen molar-refractivity contribution < 1.29 is 18.0 Å². The number of rotatable bonds is 3. The lowest BCUT2D eigenvalue weighted by molar-refractivity contribution is -0.137. The third-order valence-corrected chi connectivity index (χ3v) is 5.07. The van der Waals surface area contributed by atoms with Crippen LogP contribution in [0, 0.1) is 5.92 Å². The second-order valence-electron chi connectivity index (χ2n) is 6.86. The Kier molecular flexibility index (Phi) is 7.32. The first kappa shape index (κ1) is 21.0. The van der Waals surface area contributed by atoms with Crippen LogP contribution in [0.25, 0.3) is 0 Å². The predicted molar refractivity (Wildman–Crippen MR) is 96.6 cm³/mol. The largest absolute Gasteiger partial charge is 0.416 e. The summed E-state index contributed by atoms with van der Waals surface area (Å²) in [5, 5.41) is 3.36. The highest BCUT2D eigenvalue weighted by Gasteiger charge is 2.32. The van der Waals surface area contributed by atoms with E-state index in [1.54, 1.807) is 4.90 Å². The minimum atomic E-state index is -4.43. The summed E-state index contributed by atoms with van der Waals surface area (Å²) in [6, 6.07) is 4.69. The Morgan fingerprint density at radius 2 is 1.77 bits per heavy atom. The van der Waals surface area contributed by atoms with Crippen molar-refractivity contribution in [2.75, 3.05) is 45.8 Å². The zero-order chi connectivity index (χ0) is 17.9. The molecule has 0 aromatic heterocycles. The maximum Gasteiger partial charge on any atom is 0.416 e. The number of piperazine rings is 1. The van der Waals surface area contributed by atoms with E-state index in [-0.39, 0.29) is 23.9 Å². The molecule has 2 fully saturated rings. The Morgan fingerprint density at radius 3 is 2.38 bits per heavy atom. The summed E-state index contributed by atoms with van der Waals surface area (Å²) in [5.74, 6) is 0.389. The highest BCUT2D eigenvalue weighted by Crippen LogP contribution is 2.29. The summed E-state index contributed by atoms with van der Waals surface area (Å²) < 4.78 is 38.4. The lowest BCUT2D eigenvalue weighted by Crippen LogP contribution is -2.50. The average Bonchev–Trinajstić information content (AvgIpc) is 2.62. The molecule has 1 aromatic rings. The van der Waals surface area contributed by atoms with Crippen molar-refractivity contribution in [1.29, 1.82) is 0 Å². The Balaban J connectivity index is 0.00000243. The SMILES string of the molecule is Cl.O=C(c1cccc(C(F)(F)F)c1)N1CCN(CC2CCNCC2)CC1. The second kappa shape index (κ2) is 9.06. The number of hydrogen-bond acceptors (Lipinski definition) is 3. The lowest BCUT2D eigenvalue weighted by atomic mass is 9.97. The van der Waals surface area contributed by atoms with Crippen LogP contribution in [-0.2, 0) is 6.18 Å². The van der Waals surface area contributed by atoms with Gasteiger partial charge < -0.3 is 10.2 Å². The number of hydrogen-bond donors (Lipinski definition) is 1. The van der Waals surface area contributed by atoms with Gasteiger partial charge in [0, 0.05) is 38.3 Å². The van der Waals surface area contributed by atoms with Crippen LogP contribution in [0.3, 0.4) is 0 Å². The van der Waals surface area contributed by atoms with Gasteiger partial charge in [0.25, 0.3) is 5.91 Å². The predicted octanol–water partition coefficient (Wildman–Crippen LogP) is 2.88. The van der Waals surface area contributed by atoms with E-state index in [4.69, 9.17) is 0 Å². The molecule has 2 aliphatic rings. The Morgan fingerprint density at radius 1 is 1.12 bits per heavy atom. The summed E-state index contributed by atoms with van der Waals surface area (Å²) >= 11 is 0. The van der Waals surface area contributed by atoms with Crippen molar-refractivity contribution in [2.45, 2.75) is 19.0 Å². The van der Waals surface area contributed by atoms with Gasteiger partial charge in [0.15, 0.2) is 0 Å². The van der Waals surface area contributed by atoms with Crippen molar-refractivity contribution in [2.24, 2.45) is 5.92 Å². The minimum absolute atomic E-state index is 0. The van der Waals surface area contributed by atoms with Crippen molar-refractivity contribution in [3.05, 3.63) is 35.4 Å². The van der Waals surface area contributed by atoms with Crippen LogP contribution in [0.5, 0.6) is 0 Å². The summed E-state index contributed by atoms with van der Waals surface area (Å²) in [7, 11) is 0. The number of carbonyl (C=O) groups is 1. The topological polar surface area (TPSA) is 35.6 Å². The van der Waals surface area contributed by atoms with Crippen LogP contribution < -0.4 is 5.32 Å². The Hall–Kier alpha value is -1.31. The van der Waals surface area contributed by atoms with Crippen molar-refractivity contribution in [3.8, 4) is 0 Å². The molecule has 1 aromatic carbocycles. The van der Waals surface area contributed by atoms with Gasteiger partial charge in [0.05, 0.1) is 5.56 Å². The van der Waals surface area contributed by atoms with E-state index in [0.29, 0.717) is 19.0 Å². The number of piperidine rings is 1. The summed E-state index contributed by atoms with van der Waals surface area (Å²) in [4.78, 5) is 16.5. The lowest BCUT2D eigenvalue weighted by Gasteiger charge is -2.37. The van der Waals surface area contributed by atoms with Gasteiger partial charge in [0.1, 0.15) is 0 Å². The smallest absolute Gasteiger partial charge is 0.336 e. The van der Waals surface area contributed by atoms with Crippen LogP contribution in [0.2, 0.25) is 0 Å². The van der Waals surface area contributed by atoms with Crippen LogP contribution in [-0.4, -0.2) is 61.5 Å². The van der Waals surface area contributed by atoms with Gasteiger partial charge in [-0.3, -0.25) is 9.69 Å². The van der Waals surface area contributed by atoms with Gasteiger partial charge in [-0.05, 0) is 50.0 Å². The molecule has 26 heavy (non-hydrogen) atoms. The molecule has 2 heterocycles. The van der Waals surface area contributed by atoms with Crippen LogP contribution in [0.15, 0.2) is 24.3 Å². The molecule has 0 spiro atoms. The molecule has 0 radical (unpaired) electrons. The van der Waals surface area contributed by atoms with E-state index in [2.05, 4.69) is 10.2 Å². The summed E-state index contributed by atoms with van der Waals surface area (Å²) in [6.07, 6.45) is -2.06. The molecular formula is C18H25ClF3N3O. The van der Waals surface area contributed by atoms with Crippen molar-refractivity contribution in [1.82, 2.24) is 15.1 Å². The molecule has 2 aliphatic heterocycles. The van der Waals surface area contributed by atoms with Crippen molar-refractivity contribution in [3.63, 3.8) is 0 Å². The number of nitrogens with one attached hydrogen (secondary N) is 1. The second-order valence-corrected chi connectivity index (χ2v) is 6.86. The number of nitrogens with zero attached hydrogens (tertiary/aromatic N) is 2. The first-order valence-corrected chi connectivity index (χ1v) is 8.83. The molecule has 2 saturated heterocycles. The number of alkyl halides is 3. The highest BCUT2D eigenvalue weighted by atomic mass is 35.5. The maximum atomic E-state index is 12.8. The quantitative estimate of drug-likeness (QED) is 0.860. The average molecular weight is 392 g/mol. The zero-order valence-electron chi connectivity index (χ0n) is 14.6. The molecule has 1 N–H and O–H groups in total. The van der Waals surface area contributed by atoms with E-state index in [1.807, 2.05) is 0 Å². The highest BCUT2D eigenvalue weighted by molar-refractivity contribution is 5.94. The number of halogens is 4. The first-order valence-electron chi connectivity index (χ1n) is 8.83. The van der Waals surface area contributed by atoms with Crippen molar-refractivity contribution >= 4 is 18.3 Å². The third kappa shape index (κ3) is 5.34. The van der Waals surface area contributed by atoms with E-state index in [9.17, 15) is 18.0 Å². The minimum Gasteiger partial charge on any atom is -0.336 e. The standard InChI is InChI=1S/C18H24F3N3O.ClH/c19-18(20,21)16-3-1-2-15(12-16)17(25)24-10-8-23(9-11-24)13-14-4-6-22-7-5-14;/h1-3,12,14,22H,4-11,13H2;1H. The van der Waals surface area contributed by atoms with Crippen LogP contribution in [0.1, 0.15) is 28.8 Å². The Labute approximate surface area is 158 Å². The molecule has 8 heteroatoms. The number of benzene rings is 1. The monoisotopic (exact) mass is 391 g/mol. The summed E-state index contributed by atoms with van der Waals surface area (Å²) in [5.41, 5.74) is -0.662. The van der Waals surface area contributed by atoms with Gasteiger partial charge >= 0.3 is 6.18 Å². The van der Waals surface area contributed by atoms with Gasteiger partial charge in [0.2, 0.25) is 0 Å². The number of carbonyl (C=O) groups excluding carboxylic acids is 1. The van der Waals surface area contributed by atoms with Crippen LogP contribution >= 0.6 is 12.4 Å². The summed E-state index contributed by atoms with van der Waals surface area (Å²) in [6.45, 7) is 5.90. The van der Waals surface area contributed by atoms with E-state index >= 15 is 0 Å². The molecule has 1 amide bonds. The Bertz CT molecular complexity index is 598. The molecule has 0 unspecified atom stereocenters. The van der Waals surface area contributed by atoms with Gasteiger partial charge in [-0.15, -0.1) is 12.4 Å². The number of amides is 1. The molecular weight excluding hydrogens is 367 g/mol. The fourth-order valence-corrected chi connectivity index (χ4v) is 3.57. The van der Waals surface area contributed by atoms with Crippen LogP contribution in [0.4, 0.5) is 13.2 Å². The molecule has 0 bridgehead atoms. The van der Waals surface area contributed by atoms with E-state index in [0.717, 1.165) is 44.9 Å².